The maximum Gasteiger partial charge on any atom is 0.501 e. The van der Waals surface area contributed by atoms with E-state index < -0.39 is 43.5 Å². The second-order valence-electron chi connectivity index (χ2n) is 3.93. The lowest BCUT2D eigenvalue weighted by Gasteiger charge is -2.16. The van der Waals surface area contributed by atoms with E-state index in [1.54, 1.807) is 0 Å². The number of carbonyl (C=O) groups is 1. The van der Waals surface area contributed by atoms with E-state index >= 15 is 0 Å². The van der Waals surface area contributed by atoms with Gasteiger partial charge in [0.15, 0.2) is 0 Å². The summed E-state index contributed by atoms with van der Waals surface area (Å²) in [6.07, 6.45) is -0.138. The van der Waals surface area contributed by atoms with Crippen molar-refractivity contribution in [1.29, 1.82) is 0 Å². The molecule has 0 fully saturated rings. The average Bonchev–Trinajstić information content (AvgIpc) is 2.29. The molecule has 0 amide bonds. The van der Waals surface area contributed by atoms with Crippen molar-refractivity contribution in [3.05, 3.63) is 29.6 Å². The molecule has 0 saturated heterocycles. The fourth-order valence-corrected chi connectivity index (χ4v) is 2.72. The van der Waals surface area contributed by atoms with Crippen molar-refractivity contribution in [3.63, 3.8) is 0 Å². The predicted octanol–water partition coefficient (Wildman–Crippen LogP) is 2.70. The van der Waals surface area contributed by atoms with Gasteiger partial charge < -0.3 is 5.11 Å². The molecule has 4 nitrogen and oxygen atoms in total. The van der Waals surface area contributed by atoms with Crippen molar-refractivity contribution < 1.29 is 35.9 Å². The second-order valence-corrected chi connectivity index (χ2v) is 5.84. The van der Waals surface area contributed by atoms with Crippen LogP contribution in [0.5, 0.6) is 0 Å². The summed E-state index contributed by atoms with van der Waals surface area (Å²) in [6, 6.07) is 1.65. The number of aliphatic carboxylic acids is 1. The van der Waals surface area contributed by atoms with Crippen molar-refractivity contribution in [2.24, 2.45) is 0 Å². The highest BCUT2D eigenvalue weighted by Crippen LogP contribution is 2.36. The Labute approximate surface area is 111 Å². The molecule has 1 rings (SSSR count). The molecule has 0 aliphatic rings. The Hall–Kier alpha value is -1.64. The molecule has 1 atom stereocenters. The van der Waals surface area contributed by atoms with Crippen LogP contribution in [0.15, 0.2) is 23.1 Å². The Balaban J connectivity index is 3.63. The van der Waals surface area contributed by atoms with Crippen LogP contribution in [-0.4, -0.2) is 25.0 Å². The third-order valence-electron chi connectivity index (χ3n) is 2.65. The molecule has 0 aliphatic carbocycles. The third-order valence-corrected chi connectivity index (χ3v) is 4.19. The largest absolute Gasteiger partial charge is 0.501 e. The van der Waals surface area contributed by atoms with Gasteiger partial charge in [-0.25, -0.2) is 12.8 Å². The Morgan fingerprint density at radius 2 is 1.90 bits per heavy atom. The monoisotopic (exact) mass is 314 g/mol. The maximum atomic E-state index is 13.1. The molecule has 0 heterocycles. The fourth-order valence-electron chi connectivity index (χ4n) is 1.68. The fraction of sp³-hybridized carbons (Fsp3) is 0.364. The molecular weight excluding hydrogens is 304 g/mol. The molecule has 1 aromatic carbocycles. The first-order valence-corrected chi connectivity index (χ1v) is 6.84. The van der Waals surface area contributed by atoms with Crippen LogP contribution in [0.1, 0.15) is 24.8 Å². The van der Waals surface area contributed by atoms with Crippen LogP contribution < -0.4 is 0 Å². The first-order valence-electron chi connectivity index (χ1n) is 5.36. The molecule has 0 saturated carbocycles. The highest BCUT2D eigenvalue weighted by Gasteiger charge is 2.48. The molecule has 112 valence electrons. The zero-order valence-electron chi connectivity index (χ0n) is 10.1. The molecule has 0 bridgehead atoms. The predicted molar refractivity (Wildman–Crippen MR) is 60.3 cm³/mol. The molecule has 0 aliphatic heterocycles. The van der Waals surface area contributed by atoms with E-state index in [9.17, 15) is 30.8 Å². The van der Waals surface area contributed by atoms with E-state index in [0.717, 1.165) is 12.1 Å². The van der Waals surface area contributed by atoms with Gasteiger partial charge in [0, 0.05) is 0 Å². The average molecular weight is 314 g/mol. The molecule has 0 spiro atoms. The zero-order chi connectivity index (χ0) is 15.7. The Kier molecular flexibility index (Phi) is 4.42. The van der Waals surface area contributed by atoms with E-state index in [4.69, 9.17) is 5.11 Å². The lowest BCUT2D eigenvalue weighted by molar-refractivity contribution is -0.138. The van der Waals surface area contributed by atoms with Gasteiger partial charge in [0.05, 0.1) is 10.8 Å². The van der Waals surface area contributed by atoms with Gasteiger partial charge in [-0.3, -0.25) is 4.79 Å². The highest BCUT2D eigenvalue weighted by atomic mass is 32.2. The standard InChI is InChI=1S/C11H10F4O4S/c1-2-7(10(16)17)8-4-3-6(12)5-9(8)20(18,19)11(13,14)15/h3-5,7H,2H2,1H3,(H,16,17). The number of benzene rings is 1. The first kappa shape index (κ1) is 16.4. The van der Waals surface area contributed by atoms with Gasteiger partial charge in [-0.05, 0) is 24.1 Å². The molecule has 0 radical (unpaired) electrons. The second kappa shape index (κ2) is 5.39. The molecular formula is C11H10F4O4S. The van der Waals surface area contributed by atoms with Crippen LogP contribution in [-0.2, 0) is 14.6 Å². The number of carboxylic acids is 1. The van der Waals surface area contributed by atoms with Gasteiger partial charge in [-0.1, -0.05) is 13.0 Å². The summed E-state index contributed by atoms with van der Waals surface area (Å²) in [4.78, 5) is 9.61. The number of halogens is 4. The summed E-state index contributed by atoms with van der Waals surface area (Å²) in [6.45, 7) is 1.37. The summed E-state index contributed by atoms with van der Waals surface area (Å²) in [5.41, 5.74) is -6.22. The molecule has 1 unspecified atom stereocenters. The molecule has 20 heavy (non-hydrogen) atoms. The molecule has 1 N–H and O–H groups in total. The molecule has 9 heteroatoms. The van der Waals surface area contributed by atoms with Gasteiger partial charge in [-0.15, -0.1) is 0 Å². The minimum atomic E-state index is -5.82. The minimum absolute atomic E-state index is 0.138. The molecule has 0 aromatic heterocycles. The van der Waals surface area contributed by atoms with Crippen LogP contribution in [0.2, 0.25) is 0 Å². The third kappa shape index (κ3) is 2.92. The van der Waals surface area contributed by atoms with Crippen LogP contribution in [0.3, 0.4) is 0 Å². The summed E-state index contributed by atoms with van der Waals surface area (Å²) in [5.74, 6) is -4.16. The van der Waals surface area contributed by atoms with Crippen molar-refractivity contribution in [2.75, 3.05) is 0 Å². The summed E-state index contributed by atoms with van der Waals surface area (Å²) >= 11 is 0. The zero-order valence-corrected chi connectivity index (χ0v) is 10.9. The number of rotatable bonds is 4. The van der Waals surface area contributed by atoms with Crippen molar-refractivity contribution in [2.45, 2.75) is 29.7 Å². The summed E-state index contributed by atoms with van der Waals surface area (Å²) < 4.78 is 73.4. The Bertz CT molecular complexity index is 622. The van der Waals surface area contributed by atoms with Gasteiger partial charge >= 0.3 is 11.5 Å². The SMILES string of the molecule is CCC(C(=O)O)c1ccc(F)cc1S(=O)(=O)C(F)(F)F. The smallest absolute Gasteiger partial charge is 0.481 e. The van der Waals surface area contributed by atoms with E-state index in [0.29, 0.717) is 0 Å². The van der Waals surface area contributed by atoms with Crippen molar-refractivity contribution in [1.82, 2.24) is 0 Å². The number of hydrogen-bond donors (Lipinski definition) is 1. The first-order chi connectivity index (χ1) is 9.02. The number of hydrogen-bond acceptors (Lipinski definition) is 3. The quantitative estimate of drug-likeness (QED) is 0.867. The van der Waals surface area contributed by atoms with Gasteiger partial charge in [0.25, 0.3) is 9.84 Å². The van der Waals surface area contributed by atoms with Gasteiger partial charge in [-0.2, -0.15) is 13.2 Å². The van der Waals surface area contributed by atoms with E-state index in [1.807, 2.05) is 0 Å². The number of alkyl halides is 3. The van der Waals surface area contributed by atoms with Crippen molar-refractivity contribution >= 4 is 15.8 Å². The van der Waals surface area contributed by atoms with Crippen LogP contribution >= 0.6 is 0 Å². The topological polar surface area (TPSA) is 71.4 Å². The minimum Gasteiger partial charge on any atom is -0.481 e. The van der Waals surface area contributed by atoms with Crippen LogP contribution in [0.4, 0.5) is 17.6 Å². The summed E-state index contributed by atoms with van der Waals surface area (Å²) in [7, 11) is -5.82. The Morgan fingerprint density at radius 1 is 1.35 bits per heavy atom. The maximum absolute atomic E-state index is 13.1. The van der Waals surface area contributed by atoms with E-state index in [-0.39, 0.29) is 12.5 Å². The van der Waals surface area contributed by atoms with E-state index in [2.05, 4.69) is 0 Å². The lowest BCUT2D eigenvalue weighted by atomic mass is 9.97. The van der Waals surface area contributed by atoms with Crippen molar-refractivity contribution in [3.8, 4) is 0 Å². The van der Waals surface area contributed by atoms with Gasteiger partial charge in [0.1, 0.15) is 5.82 Å². The lowest BCUT2D eigenvalue weighted by Crippen LogP contribution is -2.26. The van der Waals surface area contributed by atoms with Gasteiger partial charge in [0.2, 0.25) is 0 Å². The normalized spacial score (nSPS) is 14.1. The summed E-state index contributed by atoms with van der Waals surface area (Å²) in [5, 5.41) is 8.92. The van der Waals surface area contributed by atoms with E-state index in [1.165, 1.54) is 6.92 Å². The van der Waals surface area contributed by atoms with Crippen LogP contribution in [0.25, 0.3) is 0 Å². The number of sulfone groups is 1. The molecule has 1 aromatic rings. The highest BCUT2D eigenvalue weighted by molar-refractivity contribution is 7.92. The van der Waals surface area contributed by atoms with Crippen LogP contribution in [0, 0.1) is 5.82 Å². The number of carboxylic acid groups (broad SMARTS) is 1. The Morgan fingerprint density at radius 3 is 2.30 bits per heavy atom.